The minimum absolute atomic E-state index is 0. The zero-order chi connectivity index (χ0) is 12.6. The van der Waals surface area contributed by atoms with Gasteiger partial charge < -0.3 is 19.8 Å². The Morgan fingerprint density at radius 1 is 0.706 bits per heavy atom. The maximum atomic E-state index is 10.9. The van der Waals surface area contributed by atoms with Crippen LogP contribution in [-0.2, 0) is 0 Å². The number of carboxylic acids is 2. The van der Waals surface area contributed by atoms with Crippen LogP contribution in [0, 0.1) is 14.3 Å². The van der Waals surface area contributed by atoms with Crippen LogP contribution in [0.3, 0.4) is 0 Å². The van der Waals surface area contributed by atoms with E-state index in [0.29, 0.717) is 14.3 Å². The van der Waals surface area contributed by atoms with Crippen LogP contribution in [0.5, 0.6) is 0 Å². The van der Waals surface area contributed by atoms with Gasteiger partial charge in [-0.2, -0.15) is 0 Å². The van der Waals surface area contributed by atoms with Gasteiger partial charge in [0.15, 0.2) is 0 Å². The van der Waals surface area contributed by atoms with Crippen molar-refractivity contribution in [3.63, 3.8) is 0 Å². The van der Waals surface area contributed by atoms with Gasteiger partial charge in [0.05, 0.1) is 11.9 Å². The quantitative estimate of drug-likeness (QED) is 0.153. The summed E-state index contributed by atoms with van der Waals surface area (Å²) in [6.45, 7) is 0. The predicted molar refractivity (Wildman–Crippen MR) is 86.0 cm³/mol. The molecule has 0 radical (unpaired) electrons. The van der Waals surface area contributed by atoms with Crippen molar-refractivity contribution < 1.29 is 49.4 Å². The molecule has 0 aliphatic carbocycles. The maximum Gasteiger partial charge on any atom is 1.00 e. The SMILES string of the molecule is O=C([O-])c1c(I)c(I)c(I)c(I)c1C(=O)[O-].[Na+]. The van der Waals surface area contributed by atoms with Crippen molar-refractivity contribution in [1.82, 2.24) is 0 Å². The Morgan fingerprint density at radius 3 is 1.12 bits per heavy atom. The van der Waals surface area contributed by atoms with Crippen LogP contribution in [-0.4, -0.2) is 11.9 Å². The van der Waals surface area contributed by atoms with Crippen LogP contribution in [0.4, 0.5) is 0 Å². The fourth-order valence-corrected chi connectivity index (χ4v) is 4.64. The van der Waals surface area contributed by atoms with Gasteiger partial charge in [-0.05, 0) is 90.4 Å². The average molecular weight is 691 g/mol. The smallest absolute Gasteiger partial charge is 0.545 e. The molecule has 0 aromatic heterocycles. The number of aromatic carboxylic acids is 2. The molecule has 17 heavy (non-hydrogen) atoms. The summed E-state index contributed by atoms with van der Waals surface area (Å²) < 4.78 is 2.13. The molecule has 0 aliphatic heterocycles. The third-order valence-electron chi connectivity index (χ3n) is 1.68. The molecule has 0 amide bonds. The summed E-state index contributed by atoms with van der Waals surface area (Å²) in [7, 11) is 0. The summed E-state index contributed by atoms with van der Waals surface area (Å²) in [5.41, 5.74) is -0.621. The molecule has 9 heteroatoms. The number of hydrogen-bond donors (Lipinski definition) is 0. The third-order valence-corrected chi connectivity index (χ3v) is 9.09. The zero-order valence-electron chi connectivity index (χ0n) is 8.14. The topological polar surface area (TPSA) is 80.3 Å². The number of halogens is 4. The first-order valence-corrected chi connectivity index (χ1v) is 7.89. The van der Waals surface area contributed by atoms with Crippen LogP contribution in [0.1, 0.15) is 20.7 Å². The van der Waals surface area contributed by atoms with Gasteiger partial charge in [-0.25, -0.2) is 0 Å². The number of benzene rings is 1. The molecule has 86 valence electrons. The van der Waals surface area contributed by atoms with Crippen LogP contribution in [0.2, 0.25) is 0 Å². The van der Waals surface area contributed by atoms with E-state index < -0.39 is 11.9 Å². The van der Waals surface area contributed by atoms with Crippen molar-refractivity contribution in [2.24, 2.45) is 0 Å². The fourth-order valence-electron chi connectivity index (χ4n) is 1.02. The second-order valence-corrected chi connectivity index (χ2v) is 6.90. The first-order valence-electron chi connectivity index (χ1n) is 3.57. The van der Waals surface area contributed by atoms with Crippen molar-refractivity contribution in [2.75, 3.05) is 0 Å². The van der Waals surface area contributed by atoms with E-state index in [1.54, 1.807) is 45.2 Å². The molecule has 0 fully saturated rings. The molecule has 0 spiro atoms. The standard InChI is InChI=1S/C8H2I4O4.Na/c9-3-1(7(13)14)2(8(15)16)4(10)6(12)5(3)11;/h(H,13,14)(H,15,16);/q;+1/p-2. The summed E-state index contributed by atoms with van der Waals surface area (Å²) in [4.78, 5) is 21.9. The Balaban J connectivity index is 0.00000256. The molecule has 0 N–H and O–H groups in total. The van der Waals surface area contributed by atoms with E-state index in [-0.39, 0.29) is 40.7 Å². The Kier molecular flexibility index (Phi) is 8.70. The monoisotopic (exact) mass is 691 g/mol. The molecule has 0 heterocycles. The van der Waals surface area contributed by atoms with Crippen molar-refractivity contribution in [2.45, 2.75) is 0 Å². The van der Waals surface area contributed by atoms with E-state index in [2.05, 4.69) is 0 Å². The average Bonchev–Trinajstić information content (AvgIpc) is 2.18. The molecule has 1 aromatic carbocycles. The van der Waals surface area contributed by atoms with Gasteiger partial charge in [0.1, 0.15) is 0 Å². The largest absolute Gasteiger partial charge is 1.00 e. The molecule has 1 aromatic rings. The van der Waals surface area contributed by atoms with Crippen molar-refractivity contribution >= 4 is 102 Å². The van der Waals surface area contributed by atoms with E-state index >= 15 is 0 Å². The molecule has 0 saturated heterocycles. The Labute approximate surface area is 174 Å². The summed E-state index contributed by atoms with van der Waals surface area (Å²) in [6.07, 6.45) is 0. The van der Waals surface area contributed by atoms with Gasteiger partial charge in [0.25, 0.3) is 0 Å². The minimum atomic E-state index is -1.50. The molecular formula is C8I4NaO4-. The van der Waals surface area contributed by atoms with Crippen molar-refractivity contribution in [3.05, 3.63) is 25.4 Å². The predicted octanol–water partition coefficient (Wildman–Crippen LogP) is -2.16. The van der Waals surface area contributed by atoms with E-state index in [0.717, 1.165) is 0 Å². The zero-order valence-corrected chi connectivity index (χ0v) is 18.8. The van der Waals surface area contributed by atoms with Gasteiger partial charge in [-0.15, -0.1) is 0 Å². The number of hydrogen-bond acceptors (Lipinski definition) is 4. The molecule has 0 saturated carbocycles. The number of rotatable bonds is 2. The second-order valence-electron chi connectivity index (χ2n) is 2.58. The first-order chi connectivity index (χ1) is 7.29. The van der Waals surface area contributed by atoms with E-state index in [9.17, 15) is 19.8 Å². The third kappa shape index (κ3) is 4.03. The Morgan fingerprint density at radius 2 is 0.941 bits per heavy atom. The minimum Gasteiger partial charge on any atom is -0.545 e. The van der Waals surface area contributed by atoms with Crippen molar-refractivity contribution in [3.8, 4) is 0 Å². The first kappa shape index (κ1) is 19.1. The molecule has 0 atom stereocenters. The van der Waals surface area contributed by atoms with E-state index in [1.165, 1.54) is 0 Å². The normalized spacial score (nSPS) is 9.65. The summed E-state index contributed by atoms with van der Waals surface area (Å²) in [5, 5.41) is 21.9. The van der Waals surface area contributed by atoms with Crippen LogP contribution in [0.25, 0.3) is 0 Å². The maximum absolute atomic E-state index is 10.9. The molecule has 1 rings (SSSR count). The second kappa shape index (κ2) is 7.75. The van der Waals surface area contributed by atoms with Gasteiger partial charge in [0, 0.05) is 25.4 Å². The molecule has 0 unspecified atom stereocenters. The number of carboxylic acid groups (broad SMARTS) is 2. The molecular weight excluding hydrogens is 691 g/mol. The van der Waals surface area contributed by atoms with Gasteiger partial charge in [-0.3, -0.25) is 0 Å². The number of carbonyl (C=O) groups excluding carboxylic acids is 2. The molecule has 4 nitrogen and oxygen atoms in total. The van der Waals surface area contributed by atoms with Crippen LogP contribution < -0.4 is 39.8 Å². The Bertz CT molecular complexity index is 458. The summed E-state index contributed by atoms with van der Waals surface area (Å²) in [6, 6.07) is 0. The van der Waals surface area contributed by atoms with Gasteiger partial charge in [0.2, 0.25) is 0 Å². The number of carbonyl (C=O) groups is 2. The molecule has 0 bridgehead atoms. The van der Waals surface area contributed by atoms with Gasteiger partial charge in [-0.1, -0.05) is 0 Å². The fraction of sp³-hybridized carbons (Fsp3) is 0. The van der Waals surface area contributed by atoms with Crippen LogP contribution >= 0.6 is 90.4 Å². The van der Waals surface area contributed by atoms with Gasteiger partial charge >= 0.3 is 29.6 Å². The van der Waals surface area contributed by atoms with Crippen molar-refractivity contribution in [1.29, 1.82) is 0 Å². The summed E-state index contributed by atoms with van der Waals surface area (Å²) in [5.74, 6) is -3.01. The van der Waals surface area contributed by atoms with E-state index in [4.69, 9.17) is 0 Å². The van der Waals surface area contributed by atoms with Crippen LogP contribution in [0.15, 0.2) is 0 Å². The summed E-state index contributed by atoms with van der Waals surface area (Å²) >= 11 is 7.53. The Hall–Kier alpha value is 2.08. The molecule has 0 aliphatic rings. The van der Waals surface area contributed by atoms with E-state index in [1.807, 2.05) is 45.2 Å².